The van der Waals surface area contributed by atoms with Gasteiger partial charge in [-0.2, -0.15) is 0 Å². The summed E-state index contributed by atoms with van der Waals surface area (Å²) in [6.07, 6.45) is 1.48. The number of ether oxygens (including phenoxy) is 1. The van der Waals surface area contributed by atoms with E-state index in [1.54, 1.807) is 5.32 Å². The highest BCUT2D eigenvalue weighted by Crippen LogP contribution is 2.20. The Labute approximate surface area is 108 Å². The van der Waals surface area contributed by atoms with Crippen molar-refractivity contribution < 1.29 is 18.3 Å². The van der Waals surface area contributed by atoms with Crippen molar-refractivity contribution >= 4 is 11.9 Å². The van der Waals surface area contributed by atoms with Crippen molar-refractivity contribution in [2.24, 2.45) is 0 Å². The molecule has 1 amide bonds. The summed E-state index contributed by atoms with van der Waals surface area (Å²) in [5, 5.41) is 1.71. The average molecular weight is 272 g/mol. The van der Waals surface area contributed by atoms with Crippen LogP contribution in [0.5, 0.6) is 0 Å². The highest BCUT2D eigenvalue weighted by molar-refractivity contribution is 5.68. The van der Waals surface area contributed by atoms with Crippen LogP contribution in [0.4, 0.5) is 19.4 Å². The smallest absolute Gasteiger partial charge is 0.366 e. The minimum atomic E-state index is -3.81. The number of hydrogen-bond acceptors (Lipinski definition) is 5. The first-order valence-electron chi connectivity index (χ1n) is 5.97. The molecule has 1 saturated heterocycles. The predicted octanol–water partition coefficient (Wildman–Crippen LogP) is 2.06. The van der Waals surface area contributed by atoms with Crippen LogP contribution in [0.2, 0.25) is 0 Å². The van der Waals surface area contributed by atoms with Crippen molar-refractivity contribution in [3.8, 4) is 0 Å². The second kappa shape index (κ2) is 5.77. The van der Waals surface area contributed by atoms with Gasteiger partial charge in [0.05, 0.1) is 6.20 Å². The van der Waals surface area contributed by atoms with Gasteiger partial charge >= 0.3 is 12.3 Å². The van der Waals surface area contributed by atoms with Crippen LogP contribution >= 0.6 is 0 Å². The van der Waals surface area contributed by atoms with E-state index in [2.05, 4.69) is 14.7 Å². The summed E-state index contributed by atoms with van der Waals surface area (Å²) in [5.74, 6) is -0.168. The summed E-state index contributed by atoms with van der Waals surface area (Å²) >= 11 is 0. The number of nitrogens with zero attached hydrogens (tertiary/aromatic N) is 3. The Hall–Kier alpha value is -1.99. The number of anilines is 1. The first-order valence-corrected chi connectivity index (χ1v) is 5.97. The molecule has 1 fully saturated rings. The molecule has 1 N–H and O–H groups in total. The summed E-state index contributed by atoms with van der Waals surface area (Å²) in [7, 11) is 0. The van der Waals surface area contributed by atoms with Gasteiger partial charge in [0.1, 0.15) is 0 Å². The van der Waals surface area contributed by atoms with Crippen LogP contribution < -0.4 is 5.32 Å². The fraction of sp³-hybridized carbons (Fsp3) is 0.545. The highest BCUT2D eigenvalue weighted by Gasteiger charge is 2.37. The zero-order chi connectivity index (χ0) is 13.7. The van der Waals surface area contributed by atoms with Crippen LogP contribution in [-0.2, 0) is 4.74 Å². The molecule has 0 saturated carbocycles. The molecule has 0 atom stereocenters. The molecule has 2 heterocycles. The SMILES string of the molecule is O=C(OC(F)(F)Nc1cnccn1)N1CCCCC1. The molecule has 8 heteroatoms. The number of alkyl halides is 2. The topological polar surface area (TPSA) is 67.3 Å². The van der Waals surface area contributed by atoms with Crippen molar-refractivity contribution in [2.75, 3.05) is 18.4 Å². The van der Waals surface area contributed by atoms with E-state index >= 15 is 0 Å². The van der Waals surface area contributed by atoms with Gasteiger partial charge in [-0.25, -0.2) is 9.78 Å². The lowest BCUT2D eigenvalue weighted by molar-refractivity contribution is -0.180. The lowest BCUT2D eigenvalue weighted by atomic mass is 10.1. The zero-order valence-electron chi connectivity index (χ0n) is 10.2. The fourth-order valence-electron chi connectivity index (χ4n) is 1.79. The van der Waals surface area contributed by atoms with Gasteiger partial charge in [0.2, 0.25) is 0 Å². The molecule has 6 nitrogen and oxygen atoms in total. The zero-order valence-corrected chi connectivity index (χ0v) is 10.2. The van der Waals surface area contributed by atoms with Gasteiger partial charge in [0.15, 0.2) is 5.82 Å². The number of likely N-dealkylation sites (tertiary alicyclic amines) is 1. The molecule has 1 aromatic heterocycles. The lowest BCUT2D eigenvalue weighted by Gasteiger charge is -2.27. The number of nitrogens with one attached hydrogen (secondary N) is 1. The number of carbonyl (C=O) groups excluding carboxylic acids is 1. The third-order valence-corrected chi connectivity index (χ3v) is 2.67. The Balaban J connectivity index is 1.90. The van der Waals surface area contributed by atoms with Crippen molar-refractivity contribution in [1.29, 1.82) is 0 Å². The normalized spacial score (nSPS) is 16.0. The summed E-state index contributed by atoms with van der Waals surface area (Å²) in [4.78, 5) is 20.1. The molecule has 19 heavy (non-hydrogen) atoms. The van der Waals surface area contributed by atoms with Gasteiger partial charge in [-0.15, -0.1) is 8.78 Å². The Morgan fingerprint density at radius 3 is 2.68 bits per heavy atom. The number of aromatic nitrogens is 2. The van der Waals surface area contributed by atoms with Crippen molar-refractivity contribution in [3.05, 3.63) is 18.6 Å². The van der Waals surface area contributed by atoms with Crippen LogP contribution in [0.1, 0.15) is 19.3 Å². The van der Waals surface area contributed by atoms with E-state index in [-0.39, 0.29) is 5.82 Å². The lowest BCUT2D eigenvalue weighted by Crippen LogP contribution is -2.42. The van der Waals surface area contributed by atoms with E-state index in [1.807, 2.05) is 0 Å². The molecule has 0 spiro atoms. The third-order valence-electron chi connectivity index (χ3n) is 2.67. The van der Waals surface area contributed by atoms with Crippen LogP contribution in [0.3, 0.4) is 0 Å². The van der Waals surface area contributed by atoms with E-state index in [0.29, 0.717) is 13.1 Å². The van der Waals surface area contributed by atoms with Gasteiger partial charge in [0, 0.05) is 25.5 Å². The van der Waals surface area contributed by atoms with E-state index in [9.17, 15) is 13.6 Å². The molecule has 0 bridgehead atoms. The van der Waals surface area contributed by atoms with Crippen LogP contribution in [0.15, 0.2) is 18.6 Å². The van der Waals surface area contributed by atoms with Crippen LogP contribution in [-0.4, -0.2) is 40.3 Å². The molecule has 0 unspecified atom stereocenters. The molecule has 2 rings (SSSR count). The third kappa shape index (κ3) is 4.01. The molecular weight excluding hydrogens is 258 g/mol. The summed E-state index contributed by atoms with van der Waals surface area (Å²) < 4.78 is 31.1. The Bertz CT molecular complexity index is 424. The van der Waals surface area contributed by atoms with Crippen molar-refractivity contribution in [1.82, 2.24) is 14.9 Å². The second-order valence-corrected chi connectivity index (χ2v) is 4.15. The van der Waals surface area contributed by atoms with Gasteiger partial charge in [-0.3, -0.25) is 10.3 Å². The molecule has 1 aliphatic rings. The van der Waals surface area contributed by atoms with Crippen molar-refractivity contribution in [2.45, 2.75) is 25.5 Å². The highest BCUT2D eigenvalue weighted by atomic mass is 19.3. The van der Waals surface area contributed by atoms with E-state index in [1.165, 1.54) is 17.3 Å². The van der Waals surface area contributed by atoms with E-state index in [4.69, 9.17) is 0 Å². The fourth-order valence-corrected chi connectivity index (χ4v) is 1.79. The first-order chi connectivity index (χ1) is 9.07. The largest absolute Gasteiger partial charge is 0.499 e. The molecule has 0 aliphatic carbocycles. The number of piperidine rings is 1. The monoisotopic (exact) mass is 272 g/mol. The molecule has 0 radical (unpaired) electrons. The molecule has 1 aliphatic heterocycles. The molecular formula is C11H14F2N4O2. The Morgan fingerprint density at radius 2 is 2.05 bits per heavy atom. The Morgan fingerprint density at radius 1 is 1.32 bits per heavy atom. The number of carbonyl (C=O) groups is 1. The second-order valence-electron chi connectivity index (χ2n) is 4.15. The number of rotatable bonds is 3. The number of hydrogen-bond donors (Lipinski definition) is 1. The maximum Gasteiger partial charge on any atom is 0.499 e. The quantitative estimate of drug-likeness (QED) is 0.674. The van der Waals surface area contributed by atoms with Gasteiger partial charge in [-0.05, 0) is 19.3 Å². The predicted molar refractivity (Wildman–Crippen MR) is 62.5 cm³/mol. The first kappa shape index (κ1) is 13.4. The van der Waals surface area contributed by atoms with E-state index < -0.39 is 12.3 Å². The summed E-state index contributed by atoms with van der Waals surface area (Å²) in [6.45, 7) is 0.889. The van der Waals surface area contributed by atoms with Crippen LogP contribution in [0.25, 0.3) is 0 Å². The minimum absolute atomic E-state index is 0.168. The van der Waals surface area contributed by atoms with E-state index in [0.717, 1.165) is 25.5 Å². The van der Waals surface area contributed by atoms with Gasteiger partial charge < -0.3 is 9.64 Å². The average Bonchev–Trinajstić information content (AvgIpc) is 2.39. The summed E-state index contributed by atoms with van der Waals surface area (Å²) in [6, 6.07) is 0. The number of amides is 1. The molecule has 104 valence electrons. The minimum Gasteiger partial charge on any atom is -0.366 e. The Kier molecular flexibility index (Phi) is 4.08. The van der Waals surface area contributed by atoms with Gasteiger partial charge in [-0.1, -0.05) is 0 Å². The standard InChI is InChI=1S/C11H14F2N4O2/c12-11(13,16-9-8-14-4-5-15-9)19-10(18)17-6-2-1-3-7-17/h4-5,8H,1-3,6-7H2,(H,15,16). The maximum absolute atomic E-state index is 13.5. The van der Waals surface area contributed by atoms with Gasteiger partial charge in [0.25, 0.3) is 0 Å². The van der Waals surface area contributed by atoms with Crippen LogP contribution in [0, 0.1) is 0 Å². The number of halogens is 2. The maximum atomic E-state index is 13.5. The molecule has 0 aromatic carbocycles. The molecule has 1 aromatic rings. The van der Waals surface area contributed by atoms with Crippen molar-refractivity contribution in [3.63, 3.8) is 0 Å². The summed E-state index contributed by atoms with van der Waals surface area (Å²) in [5.41, 5.74) is 0.